The number of methoxy groups -OCH3 is 2. The molecule has 0 spiro atoms. The van der Waals surface area contributed by atoms with Crippen molar-refractivity contribution >= 4 is 11.8 Å². The molecule has 3 rings (SSSR count). The molecule has 1 saturated carbocycles. The summed E-state index contributed by atoms with van der Waals surface area (Å²) in [6.45, 7) is 2.49. The maximum atomic E-state index is 13.0. The largest absolute Gasteiger partial charge is 0.496 e. The zero-order valence-electron chi connectivity index (χ0n) is 14.3. The Balaban J connectivity index is 1.74. The summed E-state index contributed by atoms with van der Waals surface area (Å²) in [6.07, 6.45) is 2.81. The lowest BCUT2D eigenvalue weighted by atomic mass is 10.1. The number of carbonyl (C=O) groups is 2. The van der Waals surface area contributed by atoms with Gasteiger partial charge in [0.2, 0.25) is 5.91 Å². The average Bonchev–Trinajstić information content (AvgIpc) is 3.46. The van der Waals surface area contributed by atoms with E-state index >= 15 is 0 Å². The van der Waals surface area contributed by atoms with Gasteiger partial charge in [0.15, 0.2) is 0 Å². The van der Waals surface area contributed by atoms with Crippen molar-refractivity contribution in [3.05, 3.63) is 23.8 Å². The molecular formula is C18H24N2O4. The number of hydrogen-bond donors (Lipinski definition) is 0. The van der Waals surface area contributed by atoms with Gasteiger partial charge in [-0.25, -0.2) is 0 Å². The predicted molar refractivity (Wildman–Crippen MR) is 89.4 cm³/mol. The van der Waals surface area contributed by atoms with Crippen LogP contribution in [0.1, 0.15) is 29.6 Å². The first-order chi connectivity index (χ1) is 11.7. The van der Waals surface area contributed by atoms with Crippen LogP contribution in [0.5, 0.6) is 11.5 Å². The Morgan fingerprint density at radius 2 is 1.54 bits per heavy atom. The molecule has 0 aromatic heterocycles. The highest BCUT2D eigenvalue weighted by atomic mass is 16.5. The molecule has 2 amide bonds. The Hall–Kier alpha value is -2.24. The third-order valence-corrected chi connectivity index (χ3v) is 4.66. The number of benzene rings is 1. The lowest BCUT2D eigenvalue weighted by molar-refractivity contribution is -0.132. The molecule has 1 aliphatic heterocycles. The van der Waals surface area contributed by atoms with Gasteiger partial charge >= 0.3 is 0 Å². The minimum atomic E-state index is -0.106. The Bertz CT molecular complexity index is 605. The molecule has 1 saturated heterocycles. The fraction of sp³-hybridized carbons (Fsp3) is 0.556. The molecule has 6 nitrogen and oxygen atoms in total. The lowest BCUT2D eigenvalue weighted by Crippen LogP contribution is -2.38. The van der Waals surface area contributed by atoms with E-state index in [1.807, 2.05) is 4.90 Å². The molecule has 1 aromatic rings. The molecule has 1 aliphatic carbocycles. The zero-order chi connectivity index (χ0) is 17.1. The van der Waals surface area contributed by atoms with Crippen molar-refractivity contribution in [3.8, 4) is 11.5 Å². The molecule has 0 bridgehead atoms. The summed E-state index contributed by atoms with van der Waals surface area (Å²) < 4.78 is 10.7. The minimum absolute atomic E-state index is 0.106. The van der Waals surface area contributed by atoms with Crippen molar-refractivity contribution < 1.29 is 19.1 Å². The second kappa shape index (κ2) is 7.11. The molecule has 0 N–H and O–H groups in total. The van der Waals surface area contributed by atoms with Crippen LogP contribution in [0.3, 0.4) is 0 Å². The zero-order valence-corrected chi connectivity index (χ0v) is 14.3. The Morgan fingerprint density at radius 1 is 0.958 bits per heavy atom. The van der Waals surface area contributed by atoms with E-state index in [9.17, 15) is 9.59 Å². The Labute approximate surface area is 142 Å². The summed E-state index contributed by atoms with van der Waals surface area (Å²) in [5.41, 5.74) is 0.449. The van der Waals surface area contributed by atoms with Crippen LogP contribution in [0, 0.1) is 5.92 Å². The van der Waals surface area contributed by atoms with E-state index in [4.69, 9.17) is 9.47 Å². The third-order valence-electron chi connectivity index (χ3n) is 4.66. The van der Waals surface area contributed by atoms with Crippen molar-refractivity contribution in [2.75, 3.05) is 40.4 Å². The number of carbonyl (C=O) groups excluding carboxylic acids is 2. The van der Waals surface area contributed by atoms with Gasteiger partial charge in [-0.15, -0.1) is 0 Å². The van der Waals surface area contributed by atoms with Crippen LogP contribution in [0.4, 0.5) is 0 Å². The van der Waals surface area contributed by atoms with Gasteiger partial charge in [0.05, 0.1) is 14.2 Å². The highest BCUT2D eigenvalue weighted by Crippen LogP contribution is 2.32. The minimum Gasteiger partial charge on any atom is -0.496 e. The SMILES string of the molecule is COc1cccc(OC)c1C(=O)N1CCCN(C(=O)C2CC2)CC1. The molecule has 1 heterocycles. The van der Waals surface area contributed by atoms with Gasteiger partial charge in [0.1, 0.15) is 17.1 Å². The van der Waals surface area contributed by atoms with Gasteiger partial charge in [0.25, 0.3) is 5.91 Å². The van der Waals surface area contributed by atoms with E-state index in [2.05, 4.69) is 0 Å². The van der Waals surface area contributed by atoms with Gasteiger partial charge in [-0.2, -0.15) is 0 Å². The molecular weight excluding hydrogens is 308 g/mol. The van der Waals surface area contributed by atoms with Gasteiger partial charge in [-0.05, 0) is 31.4 Å². The summed E-state index contributed by atoms with van der Waals surface area (Å²) in [4.78, 5) is 28.9. The van der Waals surface area contributed by atoms with Crippen LogP contribution in [-0.4, -0.2) is 62.0 Å². The molecule has 2 aliphatic rings. The molecule has 0 unspecified atom stereocenters. The number of rotatable bonds is 4. The van der Waals surface area contributed by atoms with Crippen LogP contribution in [0.2, 0.25) is 0 Å². The van der Waals surface area contributed by atoms with E-state index in [1.165, 1.54) is 0 Å². The van der Waals surface area contributed by atoms with Crippen LogP contribution >= 0.6 is 0 Å². The van der Waals surface area contributed by atoms with Crippen molar-refractivity contribution in [3.63, 3.8) is 0 Å². The van der Waals surface area contributed by atoms with Crippen LogP contribution in [0.25, 0.3) is 0 Å². The van der Waals surface area contributed by atoms with Gasteiger partial charge in [-0.3, -0.25) is 9.59 Å². The first kappa shape index (κ1) is 16.6. The first-order valence-electron chi connectivity index (χ1n) is 8.44. The second-order valence-corrected chi connectivity index (χ2v) is 6.28. The highest BCUT2D eigenvalue weighted by Gasteiger charge is 2.34. The number of hydrogen-bond acceptors (Lipinski definition) is 4. The summed E-state index contributed by atoms with van der Waals surface area (Å²) in [6, 6.07) is 5.32. The third kappa shape index (κ3) is 3.32. The van der Waals surface area contributed by atoms with Gasteiger partial charge in [0, 0.05) is 32.1 Å². The van der Waals surface area contributed by atoms with Crippen LogP contribution in [-0.2, 0) is 4.79 Å². The lowest BCUT2D eigenvalue weighted by Gasteiger charge is -2.23. The monoisotopic (exact) mass is 332 g/mol. The quantitative estimate of drug-likeness (QED) is 0.843. The number of amides is 2. The first-order valence-corrected chi connectivity index (χ1v) is 8.44. The smallest absolute Gasteiger partial charge is 0.261 e. The fourth-order valence-electron chi connectivity index (χ4n) is 3.15. The van der Waals surface area contributed by atoms with Crippen molar-refractivity contribution in [1.82, 2.24) is 9.80 Å². The average molecular weight is 332 g/mol. The molecule has 1 aromatic carbocycles. The Morgan fingerprint density at radius 3 is 2.12 bits per heavy atom. The summed E-state index contributed by atoms with van der Waals surface area (Å²) >= 11 is 0. The van der Waals surface area contributed by atoms with Crippen molar-refractivity contribution in [2.24, 2.45) is 5.92 Å². The maximum absolute atomic E-state index is 13.0. The highest BCUT2D eigenvalue weighted by molar-refractivity contribution is 5.99. The van der Waals surface area contributed by atoms with Crippen LogP contribution < -0.4 is 9.47 Å². The van der Waals surface area contributed by atoms with Gasteiger partial charge < -0.3 is 19.3 Å². The molecule has 24 heavy (non-hydrogen) atoms. The van der Waals surface area contributed by atoms with Crippen molar-refractivity contribution in [2.45, 2.75) is 19.3 Å². The Kier molecular flexibility index (Phi) is 4.92. The summed E-state index contributed by atoms with van der Waals surface area (Å²) in [5, 5.41) is 0. The van der Waals surface area contributed by atoms with Crippen molar-refractivity contribution in [1.29, 1.82) is 0 Å². The number of ether oxygens (including phenoxy) is 2. The summed E-state index contributed by atoms with van der Waals surface area (Å²) in [5.74, 6) is 1.38. The molecule has 130 valence electrons. The molecule has 6 heteroatoms. The van der Waals surface area contributed by atoms with E-state index < -0.39 is 0 Å². The molecule has 0 radical (unpaired) electrons. The predicted octanol–water partition coefficient (Wildman–Crippen LogP) is 1.79. The summed E-state index contributed by atoms with van der Waals surface area (Å²) in [7, 11) is 3.09. The van der Waals surface area contributed by atoms with E-state index in [-0.39, 0.29) is 17.7 Å². The van der Waals surface area contributed by atoms with E-state index in [0.29, 0.717) is 36.7 Å². The fourth-order valence-corrected chi connectivity index (χ4v) is 3.15. The maximum Gasteiger partial charge on any atom is 0.261 e. The molecule has 2 fully saturated rings. The van der Waals surface area contributed by atoms with E-state index in [0.717, 1.165) is 25.8 Å². The second-order valence-electron chi connectivity index (χ2n) is 6.28. The van der Waals surface area contributed by atoms with Crippen LogP contribution in [0.15, 0.2) is 18.2 Å². The standard InChI is InChI=1S/C18H24N2O4/c1-23-14-5-3-6-15(24-2)16(14)18(22)20-10-4-9-19(11-12-20)17(21)13-7-8-13/h3,5-6,13H,4,7-12H2,1-2H3. The number of nitrogens with zero attached hydrogens (tertiary/aromatic N) is 2. The normalized spacial score (nSPS) is 18.1. The topological polar surface area (TPSA) is 59.1 Å². The molecule has 0 atom stereocenters. The van der Waals surface area contributed by atoms with E-state index in [1.54, 1.807) is 37.3 Å². The van der Waals surface area contributed by atoms with Gasteiger partial charge in [-0.1, -0.05) is 6.07 Å².